The molecule has 0 aromatic heterocycles. The van der Waals surface area contributed by atoms with Crippen molar-refractivity contribution in [1.29, 1.82) is 0 Å². The Bertz CT molecular complexity index is 1370. The molecule has 49 heavy (non-hydrogen) atoms. The van der Waals surface area contributed by atoms with Crippen LogP contribution in [0.5, 0.6) is 0 Å². The first-order chi connectivity index (χ1) is 24.2. The first kappa shape index (κ1) is 40.0. The zero-order valence-corrected chi connectivity index (χ0v) is 33.5. The molecule has 0 saturated carbocycles. The minimum Gasteiger partial charge on any atom is -0.143 e. The molecule has 1 heteroatoms. The number of unbranched alkanes of at least 4 members (excludes halogenated alkanes) is 20. The average molecular weight is 683 g/mol. The summed E-state index contributed by atoms with van der Waals surface area (Å²) in [4.78, 5) is 1.31. The molecule has 0 nitrogen and oxygen atoms in total. The Kier molecular flexibility index (Phi) is 18.8. The van der Waals surface area contributed by atoms with Gasteiger partial charge in [-0.05, 0) is 106 Å². The second-order valence-corrected chi connectivity index (χ2v) is 16.1. The maximum Gasteiger partial charge on any atom is 0.0117 e. The summed E-state index contributed by atoms with van der Waals surface area (Å²) in [7, 11) is 0. The second-order valence-electron chi connectivity index (χ2n) is 15.6. The zero-order valence-electron chi connectivity index (χ0n) is 32.6. The summed E-state index contributed by atoms with van der Waals surface area (Å²) in [6.45, 7) is 9.29. The number of rotatable bonds is 28. The van der Waals surface area contributed by atoms with Crippen LogP contribution in [0.1, 0.15) is 204 Å². The van der Waals surface area contributed by atoms with Crippen LogP contribution in [0.15, 0.2) is 35.2 Å². The number of thiol groups is 1. The summed E-state index contributed by atoms with van der Waals surface area (Å²) in [6, 6.07) is 12.7. The van der Waals surface area contributed by atoms with Crippen molar-refractivity contribution in [1.82, 2.24) is 0 Å². The molecule has 0 amide bonds. The topological polar surface area (TPSA) is 0 Å². The standard InChI is InChI=1S/C48H74S/c1-5-9-13-17-21-25-29-38-37-39(30-26-22-18-14-10-6-2)41-34-36-43-45(32-28-24-20-16-12-8-4)48(49)44(31-27-23-19-15-11-7-3)42-35-33-40(38)46(41)47(42)43/h33-37,49H,5-32H2,1-4H3. The van der Waals surface area contributed by atoms with Gasteiger partial charge in [0.15, 0.2) is 0 Å². The van der Waals surface area contributed by atoms with Crippen molar-refractivity contribution in [2.45, 2.75) is 212 Å². The van der Waals surface area contributed by atoms with Crippen LogP contribution in [0.25, 0.3) is 32.3 Å². The van der Waals surface area contributed by atoms with Crippen molar-refractivity contribution < 1.29 is 0 Å². The summed E-state index contributed by atoms with van der Waals surface area (Å²) >= 11 is 5.41. The van der Waals surface area contributed by atoms with Gasteiger partial charge >= 0.3 is 0 Å². The quantitative estimate of drug-likeness (QED) is 0.0344. The van der Waals surface area contributed by atoms with E-state index in [0.29, 0.717) is 0 Å². The van der Waals surface area contributed by atoms with Gasteiger partial charge in [0.1, 0.15) is 0 Å². The van der Waals surface area contributed by atoms with E-state index in [1.807, 2.05) is 0 Å². The summed E-state index contributed by atoms with van der Waals surface area (Å²) in [5.74, 6) is 0. The van der Waals surface area contributed by atoms with Gasteiger partial charge in [0, 0.05) is 4.90 Å². The SMILES string of the molecule is CCCCCCCCc1cc(CCCCCCCC)c2ccc3c(CCCCCCCC)c(S)c(CCCCCCCC)c4ccc1c2c43. The lowest BCUT2D eigenvalue weighted by atomic mass is 9.83. The third kappa shape index (κ3) is 11.6. The predicted octanol–water partition coefficient (Wildman–Crippen LogP) is 16.5. The van der Waals surface area contributed by atoms with Crippen LogP contribution in [-0.4, -0.2) is 0 Å². The Hall–Kier alpha value is -1.73. The smallest absolute Gasteiger partial charge is 0.0117 e. The number of hydrogen-bond donors (Lipinski definition) is 1. The molecule has 4 aromatic rings. The monoisotopic (exact) mass is 683 g/mol. The van der Waals surface area contributed by atoms with E-state index in [1.54, 1.807) is 33.0 Å². The molecule has 0 spiro atoms. The van der Waals surface area contributed by atoms with Crippen molar-refractivity contribution in [3.63, 3.8) is 0 Å². The van der Waals surface area contributed by atoms with E-state index >= 15 is 0 Å². The highest BCUT2D eigenvalue weighted by molar-refractivity contribution is 7.80. The van der Waals surface area contributed by atoms with Gasteiger partial charge in [-0.1, -0.05) is 186 Å². The summed E-state index contributed by atoms with van der Waals surface area (Å²) < 4.78 is 0. The molecule has 4 rings (SSSR count). The van der Waals surface area contributed by atoms with E-state index in [4.69, 9.17) is 12.6 Å². The summed E-state index contributed by atoms with van der Waals surface area (Å²) in [5.41, 5.74) is 6.31. The Morgan fingerprint density at radius 1 is 0.347 bits per heavy atom. The molecule has 0 heterocycles. The fourth-order valence-electron chi connectivity index (χ4n) is 8.61. The molecule has 4 aromatic carbocycles. The molecule has 0 aliphatic carbocycles. The molecule has 0 atom stereocenters. The lowest BCUT2D eigenvalue weighted by Crippen LogP contribution is -2.02. The average Bonchev–Trinajstić information content (AvgIpc) is 3.11. The molecule has 0 radical (unpaired) electrons. The molecule has 0 saturated heterocycles. The van der Waals surface area contributed by atoms with Gasteiger partial charge in [0.05, 0.1) is 0 Å². The third-order valence-electron chi connectivity index (χ3n) is 11.6. The fraction of sp³-hybridized carbons (Fsp3) is 0.667. The fourth-order valence-corrected chi connectivity index (χ4v) is 9.08. The van der Waals surface area contributed by atoms with Crippen molar-refractivity contribution in [2.75, 3.05) is 0 Å². The summed E-state index contributed by atoms with van der Waals surface area (Å²) in [5, 5.41) is 9.23. The van der Waals surface area contributed by atoms with Crippen LogP contribution in [-0.2, 0) is 25.7 Å². The van der Waals surface area contributed by atoms with Crippen molar-refractivity contribution in [3.8, 4) is 0 Å². The molecular formula is C48H74S. The normalized spacial score (nSPS) is 12.0. The lowest BCUT2D eigenvalue weighted by Gasteiger charge is -2.23. The minimum atomic E-state index is 1.16. The Balaban J connectivity index is 1.75. The zero-order chi connectivity index (χ0) is 34.7. The van der Waals surface area contributed by atoms with Gasteiger partial charge in [-0.2, -0.15) is 0 Å². The molecule has 0 aliphatic rings. The van der Waals surface area contributed by atoms with Gasteiger partial charge in [0.25, 0.3) is 0 Å². The van der Waals surface area contributed by atoms with E-state index in [0.717, 1.165) is 12.8 Å². The van der Waals surface area contributed by atoms with Gasteiger partial charge in [0.2, 0.25) is 0 Å². The minimum absolute atomic E-state index is 1.16. The number of benzene rings is 4. The van der Waals surface area contributed by atoms with E-state index in [9.17, 15) is 0 Å². The third-order valence-corrected chi connectivity index (χ3v) is 12.1. The molecule has 272 valence electrons. The number of aryl methyl sites for hydroxylation is 4. The Morgan fingerprint density at radius 2 is 0.633 bits per heavy atom. The van der Waals surface area contributed by atoms with Crippen LogP contribution in [0.2, 0.25) is 0 Å². The van der Waals surface area contributed by atoms with Crippen molar-refractivity contribution in [3.05, 3.63) is 52.6 Å². The molecule has 0 N–H and O–H groups in total. The number of hydrogen-bond acceptors (Lipinski definition) is 1. The van der Waals surface area contributed by atoms with Crippen molar-refractivity contribution in [2.24, 2.45) is 0 Å². The van der Waals surface area contributed by atoms with Crippen LogP contribution < -0.4 is 0 Å². The Labute approximate surface area is 308 Å². The van der Waals surface area contributed by atoms with Gasteiger partial charge in [-0.15, -0.1) is 12.6 Å². The molecule has 0 unspecified atom stereocenters. The lowest BCUT2D eigenvalue weighted by molar-refractivity contribution is 0.603. The van der Waals surface area contributed by atoms with Gasteiger partial charge < -0.3 is 0 Å². The first-order valence-corrected chi connectivity index (χ1v) is 22.1. The van der Waals surface area contributed by atoms with Gasteiger partial charge in [-0.25, -0.2) is 0 Å². The largest absolute Gasteiger partial charge is 0.143 e. The van der Waals surface area contributed by atoms with E-state index < -0.39 is 0 Å². The maximum atomic E-state index is 5.41. The predicted molar refractivity (Wildman–Crippen MR) is 226 cm³/mol. The Morgan fingerprint density at radius 3 is 1.00 bits per heavy atom. The molecule has 0 fully saturated rings. The second kappa shape index (κ2) is 23.0. The molecular weight excluding hydrogens is 609 g/mol. The van der Waals surface area contributed by atoms with Gasteiger partial charge in [-0.3, -0.25) is 0 Å². The van der Waals surface area contributed by atoms with E-state index in [-0.39, 0.29) is 0 Å². The van der Waals surface area contributed by atoms with E-state index in [2.05, 4.69) is 58.0 Å². The van der Waals surface area contributed by atoms with Crippen molar-refractivity contribution >= 4 is 44.9 Å². The molecule has 0 bridgehead atoms. The molecule has 0 aliphatic heterocycles. The van der Waals surface area contributed by atoms with Crippen LogP contribution in [0.4, 0.5) is 0 Å². The van der Waals surface area contributed by atoms with Crippen LogP contribution >= 0.6 is 12.6 Å². The maximum absolute atomic E-state index is 5.41. The first-order valence-electron chi connectivity index (χ1n) is 21.6. The van der Waals surface area contributed by atoms with Crippen LogP contribution in [0, 0.1) is 0 Å². The highest BCUT2D eigenvalue weighted by atomic mass is 32.1. The summed E-state index contributed by atoms with van der Waals surface area (Å²) in [6.07, 6.45) is 37.3. The highest BCUT2D eigenvalue weighted by Gasteiger charge is 2.21. The van der Waals surface area contributed by atoms with Crippen LogP contribution in [0.3, 0.4) is 0 Å². The highest BCUT2D eigenvalue weighted by Crippen LogP contribution is 2.44. The van der Waals surface area contributed by atoms with E-state index in [1.165, 1.54) is 193 Å².